The predicted octanol–water partition coefficient (Wildman–Crippen LogP) is 5.23. The van der Waals surface area contributed by atoms with Gasteiger partial charge < -0.3 is 5.11 Å². The van der Waals surface area contributed by atoms with Crippen molar-refractivity contribution in [2.75, 3.05) is 5.75 Å². The van der Waals surface area contributed by atoms with Crippen molar-refractivity contribution >= 4 is 27.6 Å². The first-order valence-electron chi connectivity index (χ1n) is 6.70. The summed E-state index contributed by atoms with van der Waals surface area (Å²) in [6.45, 7) is 8.25. The zero-order valence-corrected chi connectivity index (χ0v) is 13.3. The third kappa shape index (κ3) is 16.2. The largest absolute Gasteiger partial charge is 0.481 e. The monoisotopic (exact) mass is 280 g/mol. The molecule has 1 aliphatic heterocycles. The Hall–Kier alpha value is 0.170. The highest BCUT2D eigenvalue weighted by molar-refractivity contribution is 8.77. The molecule has 104 valence electrons. The van der Waals surface area contributed by atoms with E-state index in [1.54, 1.807) is 0 Å². The van der Waals surface area contributed by atoms with Crippen LogP contribution in [0, 0.1) is 0 Å². The molecule has 1 rings (SSSR count). The van der Waals surface area contributed by atoms with Gasteiger partial charge >= 0.3 is 5.97 Å². The van der Waals surface area contributed by atoms with Crippen LogP contribution < -0.4 is 0 Å². The number of hydrogen-bond acceptors (Lipinski definition) is 3. The molecule has 4 heteroatoms. The lowest BCUT2D eigenvalue weighted by Crippen LogP contribution is -1.99. The zero-order valence-electron chi connectivity index (χ0n) is 11.7. The van der Waals surface area contributed by atoms with Crippen molar-refractivity contribution in [3.8, 4) is 0 Å². The lowest BCUT2D eigenvalue weighted by molar-refractivity contribution is -0.137. The van der Waals surface area contributed by atoms with Gasteiger partial charge in [0.15, 0.2) is 0 Å². The van der Waals surface area contributed by atoms with Crippen LogP contribution in [0.4, 0.5) is 0 Å². The summed E-state index contributed by atoms with van der Waals surface area (Å²) in [6, 6.07) is 0. The first-order chi connectivity index (χ1) is 8.20. The molecule has 0 radical (unpaired) electrons. The fraction of sp³-hybridized carbons (Fsp3) is 0.923. The van der Waals surface area contributed by atoms with Crippen molar-refractivity contribution in [1.29, 1.82) is 0 Å². The molecule has 17 heavy (non-hydrogen) atoms. The van der Waals surface area contributed by atoms with E-state index in [0.29, 0.717) is 6.42 Å². The molecule has 1 atom stereocenters. The summed E-state index contributed by atoms with van der Waals surface area (Å²) >= 11 is 0. The Bertz CT molecular complexity index is 157. The van der Waals surface area contributed by atoms with Gasteiger partial charge in [0.2, 0.25) is 0 Å². The Kier molecular flexibility index (Phi) is 18.6. The Morgan fingerprint density at radius 2 is 1.88 bits per heavy atom. The van der Waals surface area contributed by atoms with Crippen LogP contribution in [0.1, 0.15) is 66.2 Å². The van der Waals surface area contributed by atoms with E-state index in [1.807, 2.05) is 35.4 Å². The highest BCUT2D eigenvalue weighted by atomic mass is 33.1. The number of carboxylic acid groups (broad SMARTS) is 1. The lowest BCUT2D eigenvalue weighted by atomic mass is 10.1. The molecule has 1 N–H and O–H groups in total. The van der Waals surface area contributed by atoms with Crippen LogP contribution in [0.2, 0.25) is 0 Å². The summed E-state index contributed by atoms with van der Waals surface area (Å²) < 4.78 is 0. The first-order valence-corrected chi connectivity index (χ1v) is 9.09. The average molecular weight is 280 g/mol. The standard InChI is InChI=1S/C8H14O2S2.C3H8.C2H6/c9-8(10)4-2-1-3-7-5-6-11-12-7;1-3-2;1-2/h7H,1-6H2,(H,9,10);3H2,1-2H3;1-2H3/t7-;;/m1../s1. The fourth-order valence-electron chi connectivity index (χ4n) is 1.21. The number of carboxylic acids is 1. The summed E-state index contributed by atoms with van der Waals surface area (Å²) in [7, 11) is 3.92. The van der Waals surface area contributed by atoms with E-state index < -0.39 is 5.97 Å². The summed E-state index contributed by atoms with van der Waals surface area (Å²) in [4.78, 5) is 10.2. The second kappa shape index (κ2) is 16.2. The molecule has 0 aromatic heterocycles. The van der Waals surface area contributed by atoms with E-state index in [2.05, 4.69) is 13.8 Å². The quantitative estimate of drug-likeness (QED) is 0.553. The van der Waals surface area contributed by atoms with E-state index >= 15 is 0 Å². The Morgan fingerprint density at radius 3 is 2.29 bits per heavy atom. The van der Waals surface area contributed by atoms with Crippen LogP contribution in [0.5, 0.6) is 0 Å². The third-order valence-electron chi connectivity index (χ3n) is 1.89. The van der Waals surface area contributed by atoms with E-state index in [-0.39, 0.29) is 0 Å². The van der Waals surface area contributed by atoms with Crippen molar-refractivity contribution in [2.24, 2.45) is 0 Å². The van der Waals surface area contributed by atoms with Gasteiger partial charge in [-0.15, -0.1) is 0 Å². The highest BCUT2D eigenvalue weighted by Gasteiger charge is 2.15. The molecular weight excluding hydrogens is 252 g/mol. The molecule has 1 heterocycles. The van der Waals surface area contributed by atoms with Crippen molar-refractivity contribution in [3.05, 3.63) is 0 Å². The molecular formula is C13H28O2S2. The SMILES string of the molecule is CC.CCC.O=C(O)CCCC[C@@H]1CCSS1. The molecule has 0 aromatic rings. The summed E-state index contributed by atoms with van der Waals surface area (Å²) in [5, 5.41) is 9.19. The normalized spacial score (nSPS) is 17.5. The van der Waals surface area contributed by atoms with Crippen molar-refractivity contribution in [2.45, 2.75) is 71.5 Å². The van der Waals surface area contributed by atoms with Crippen LogP contribution in [0.3, 0.4) is 0 Å². The number of aliphatic carboxylic acids is 1. The number of rotatable bonds is 5. The summed E-state index contributed by atoms with van der Waals surface area (Å²) in [5.41, 5.74) is 0. The molecule has 1 aliphatic rings. The topological polar surface area (TPSA) is 37.3 Å². The van der Waals surface area contributed by atoms with Gasteiger partial charge in [0, 0.05) is 17.4 Å². The molecule has 0 saturated carbocycles. The molecule has 0 bridgehead atoms. The van der Waals surface area contributed by atoms with Crippen LogP contribution in [0.15, 0.2) is 0 Å². The highest BCUT2D eigenvalue weighted by Crippen LogP contribution is 2.39. The van der Waals surface area contributed by atoms with E-state index in [4.69, 9.17) is 5.11 Å². The minimum absolute atomic E-state index is 0.338. The molecule has 1 fully saturated rings. The number of carbonyl (C=O) groups is 1. The zero-order chi connectivity index (χ0) is 13.5. The van der Waals surface area contributed by atoms with Gasteiger partial charge in [-0.05, 0) is 19.3 Å². The number of unbranched alkanes of at least 4 members (excludes halogenated alkanes) is 1. The van der Waals surface area contributed by atoms with E-state index in [1.165, 1.54) is 25.0 Å². The van der Waals surface area contributed by atoms with Crippen LogP contribution >= 0.6 is 21.6 Å². The first kappa shape index (κ1) is 19.5. The van der Waals surface area contributed by atoms with Crippen molar-refractivity contribution in [3.63, 3.8) is 0 Å². The van der Waals surface area contributed by atoms with Gasteiger partial charge in [-0.1, -0.05) is 62.1 Å². The maximum absolute atomic E-state index is 10.2. The average Bonchev–Trinajstić information content (AvgIpc) is 2.81. The van der Waals surface area contributed by atoms with Gasteiger partial charge in [-0.2, -0.15) is 0 Å². The van der Waals surface area contributed by atoms with Crippen LogP contribution in [-0.4, -0.2) is 22.1 Å². The Morgan fingerprint density at radius 1 is 1.29 bits per heavy atom. The Labute approximate surface area is 115 Å². The maximum atomic E-state index is 10.2. The van der Waals surface area contributed by atoms with Gasteiger partial charge in [0.1, 0.15) is 0 Å². The summed E-state index contributed by atoms with van der Waals surface area (Å²) in [6.07, 6.45) is 6.01. The molecule has 0 aromatic carbocycles. The minimum atomic E-state index is -0.663. The molecule has 0 amide bonds. The summed E-state index contributed by atoms with van der Waals surface area (Å²) in [5.74, 6) is 0.609. The van der Waals surface area contributed by atoms with E-state index in [9.17, 15) is 4.79 Å². The van der Waals surface area contributed by atoms with E-state index in [0.717, 1.165) is 18.1 Å². The van der Waals surface area contributed by atoms with Crippen molar-refractivity contribution < 1.29 is 9.90 Å². The molecule has 1 saturated heterocycles. The molecule has 0 spiro atoms. The number of hydrogen-bond donors (Lipinski definition) is 1. The van der Waals surface area contributed by atoms with Crippen LogP contribution in [0.25, 0.3) is 0 Å². The molecule has 0 aliphatic carbocycles. The second-order valence-electron chi connectivity index (χ2n) is 3.68. The van der Waals surface area contributed by atoms with Gasteiger partial charge in [-0.25, -0.2) is 0 Å². The molecule has 0 unspecified atom stereocenters. The van der Waals surface area contributed by atoms with Gasteiger partial charge in [0.05, 0.1) is 0 Å². The Balaban J connectivity index is 0. The van der Waals surface area contributed by atoms with Gasteiger partial charge in [-0.3, -0.25) is 4.79 Å². The lowest BCUT2D eigenvalue weighted by Gasteiger charge is -2.04. The van der Waals surface area contributed by atoms with Crippen LogP contribution in [-0.2, 0) is 4.79 Å². The second-order valence-corrected chi connectivity index (χ2v) is 6.46. The maximum Gasteiger partial charge on any atom is 0.303 e. The van der Waals surface area contributed by atoms with Crippen molar-refractivity contribution in [1.82, 2.24) is 0 Å². The molecule has 2 nitrogen and oxygen atoms in total. The predicted molar refractivity (Wildman–Crippen MR) is 81.9 cm³/mol. The minimum Gasteiger partial charge on any atom is -0.481 e. The van der Waals surface area contributed by atoms with Gasteiger partial charge in [0.25, 0.3) is 0 Å². The third-order valence-corrected chi connectivity index (χ3v) is 4.90. The smallest absolute Gasteiger partial charge is 0.303 e. The fourth-order valence-corrected chi connectivity index (χ4v) is 4.24.